The summed E-state index contributed by atoms with van der Waals surface area (Å²) in [6.45, 7) is 3.38. The van der Waals surface area contributed by atoms with Gasteiger partial charge >= 0.3 is 12.1 Å². The van der Waals surface area contributed by atoms with Crippen LogP contribution in [0.3, 0.4) is 0 Å². The molecule has 1 aliphatic rings. The normalized spacial score (nSPS) is 16.6. The lowest BCUT2D eigenvalue weighted by atomic mass is 10.2. The predicted octanol–water partition coefficient (Wildman–Crippen LogP) is 2.47. The fourth-order valence-corrected chi connectivity index (χ4v) is 1.75. The molecule has 0 spiro atoms. The molecule has 20 heavy (non-hydrogen) atoms. The van der Waals surface area contributed by atoms with Crippen LogP contribution in [-0.2, 0) is 4.74 Å². The number of esters is 1. The maximum atomic E-state index is 12.8. The molecule has 5 nitrogen and oxygen atoms in total. The summed E-state index contributed by atoms with van der Waals surface area (Å²) in [7, 11) is 0. The van der Waals surface area contributed by atoms with Crippen LogP contribution in [0, 0.1) is 6.92 Å². The highest BCUT2D eigenvalue weighted by atomic mass is 19.4. The summed E-state index contributed by atoms with van der Waals surface area (Å²) in [5, 5.41) is 2.31. The molecule has 1 aromatic heterocycles. The van der Waals surface area contributed by atoms with Crippen LogP contribution in [0.5, 0.6) is 0 Å². The Balaban J connectivity index is 2.16. The van der Waals surface area contributed by atoms with E-state index >= 15 is 0 Å². The van der Waals surface area contributed by atoms with E-state index in [1.807, 2.05) is 0 Å². The molecule has 1 heterocycles. The Labute approximate surface area is 113 Å². The van der Waals surface area contributed by atoms with E-state index in [1.165, 1.54) is 13.1 Å². The number of rotatable bonds is 4. The van der Waals surface area contributed by atoms with Crippen molar-refractivity contribution in [3.05, 3.63) is 17.5 Å². The number of nitrogens with one attached hydrogen (secondary N) is 1. The van der Waals surface area contributed by atoms with E-state index in [0.717, 1.165) is 0 Å². The van der Waals surface area contributed by atoms with Gasteiger partial charge in [0.1, 0.15) is 5.54 Å². The maximum Gasteiger partial charge on any atom is 0.411 e. The molecule has 0 amide bonds. The topological polar surface area (TPSA) is 64.1 Å². The van der Waals surface area contributed by atoms with Crippen LogP contribution in [0.4, 0.5) is 19.1 Å². The van der Waals surface area contributed by atoms with Gasteiger partial charge in [-0.05, 0) is 26.7 Å². The summed E-state index contributed by atoms with van der Waals surface area (Å²) in [6.07, 6.45) is -3.17. The van der Waals surface area contributed by atoms with E-state index in [2.05, 4.69) is 15.3 Å². The second-order valence-corrected chi connectivity index (χ2v) is 4.62. The minimum atomic E-state index is -4.34. The van der Waals surface area contributed by atoms with Crippen molar-refractivity contribution in [2.45, 2.75) is 38.4 Å². The summed E-state index contributed by atoms with van der Waals surface area (Å²) in [5.41, 5.74) is -1.50. The first-order valence-corrected chi connectivity index (χ1v) is 6.15. The summed E-state index contributed by atoms with van der Waals surface area (Å²) < 4.78 is 43.2. The molecule has 0 atom stereocenters. The fourth-order valence-electron chi connectivity index (χ4n) is 1.75. The molecule has 1 saturated carbocycles. The first-order valence-electron chi connectivity index (χ1n) is 6.15. The summed E-state index contributed by atoms with van der Waals surface area (Å²) >= 11 is 0. The molecule has 1 aliphatic carbocycles. The average molecular weight is 289 g/mol. The third kappa shape index (κ3) is 2.68. The molecular formula is C12H14F3N3O2. The van der Waals surface area contributed by atoms with Gasteiger partial charge in [-0.25, -0.2) is 14.8 Å². The average Bonchev–Trinajstić information content (AvgIpc) is 3.09. The van der Waals surface area contributed by atoms with Gasteiger partial charge in [-0.2, -0.15) is 13.2 Å². The Hall–Kier alpha value is -1.86. The number of alkyl halides is 3. The Morgan fingerprint density at radius 3 is 2.60 bits per heavy atom. The Bertz CT molecular complexity index is 527. The highest BCUT2D eigenvalue weighted by Crippen LogP contribution is 2.50. The summed E-state index contributed by atoms with van der Waals surface area (Å²) in [5.74, 6) is -0.723. The molecule has 0 saturated heterocycles. The lowest BCUT2D eigenvalue weighted by Gasteiger charge is -2.20. The largest absolute Gasteiger partial charge is 0.462 e. The third-order valence-electron chi connectivity index (χ3n) is 3.12. The van der Waals surface area contributed by atoms with Crippen molar-refractivity contribution < 1.29 is 22.7 Å². The molecule has 1 aromatic rings. The lowest BCUT2D eigenvalue weighted by molar-refractivity contribution is -0.151. The second kappa shape index (κ2) is 4.92. The number of aromatic nitrogens is 2. The monoisotopic (exact) mass is 289 g/mol. The zero-order valence-corrected chi connectivity index (χ0v) is 11.0. The number of ether oxygens (including phenoxy) is 1. The quantitative estimate of drug-likeness (QED) is 0.863. The molecule has 1 fully saturated rings. The van der Waals surface area contributed by atoms with Crippen molar-refractivity contribution in [2.75, 3.05) is 11.9 Å². The van der Waals surface area contributed by atoms with Crippen molar-refractivity contribution in [1.29, 1.82) is 0 Å². The molecule has 0 bridgehead atoms. The molecule has 0 unspecified atom stereocenters. The van der Waals surface area contributed by atoms with Gasteiger partial charge in [-0.3, -0.25) is 0 Å². The van der Waals surface area contributed by atoms with Crippen LogP contribution in [-0.4, -0.2) is 34.3 Å². The number of anilines is 1. The van der Waals surface area contributed by atoms with Crippen LogP contribution in [0.2, 0.25) is 0 Å². The fraction of sp³-hybridized carbons (Fsp3) is 0.583. The van der Waals surface area contributed by atoms with Crippen molar-refractivity contribution in [3.63, 3.8) is 0 Å². The summed E-state index contributed by atoms with van der Waals surface area (Å²) in [4.78, 5) is 19.2. The maximum absolute atomic E-state index is 12.8. The molecule has 110 valence electrons. The van der Waals surface area contributed by atoms with E-state index in [-0.39, 0.29) is 36.7 Å². The zero-order valence-electron chi connectivity index (χ0n) is 11.0. The SMILES string of the molecule is CCOC(=O)c1cnc(NC2(C(F)(F)F)CC2)nc1C. The van der Waals surface area contributed by atoms with Gasteiger partial charge in [-0.1, -0.05) is 0 Å². The number of nitrogens with zero attached hydrogens (tertiary/aromatic N) is 2. The van der Waals surface area contributed by atoms with Crippen LogP contribution in [0.25, 0.3) is 0 Å². The lowest BCUT2D eigenvalue weighted by Crippen LogP contribution is -2.39. The van der Waals surface area contributed by atoms with Crippen molar-refractivity contribution in [3.8, 4) is 0 Å². The van der Waals surface area contributed by atoms with E-state index < -0.39 is 17.7 Å². The van der Waals surface area contributed by atoms with Gasteiger partial charge in [0.25, 0.3) is 0 Å². The number of carbonyl (C=O) groups excluding carboxylic acids is 1. The molecule has 0 radical (unpaired) electrons. The van der Waals surface area contributed by atoms with E-state index in [4.69, 9.17) is 4.74 Å². The standard InChI is InChI=1S/C12H14F3N3O2/c1-3-20-9(19)8-6-16-10(17-7(8)2)18-11(4-5-11)12(13,14)15/h6H,3-5H2,1-2H3,(H,16,17,18). The number of hydrogen-bond acceptors (Lipinski definition) is 5. The van der Waals surface area contributed by atoms with Gasteiger partial charge in [-0.15, -0.1) is 0 Å². The van der Waals surface area contributed by atoms with Crippen LogP contribution < -0.4 is 5.32 Å². The molecule has 8 heteroatoms. The smallest absolute Gasteiger partial charge is 0.411 e. The second-order valence-electron chi connectivity index (χ2n) is 4.62. The van der Waals surface area contributed by atoms with E-state index in [1.54, 1.807) is 6.92 Å². The Morgan fingerprint density at radius 1 is 1.50 bits per heavy atom. The van der Waals surface area contributed by atoms with Gasteiger partial charge in [0, 0.05) is 6.20 Å². The van der Waals surface area contributed by atoms with Crippen LogP contribution in [0.1, 0.15) is 35.8 Å². The van der Waals surface area contributed by atoms with Gasteiger partial charge in [0.15, 0.2) is 0 Å². The van der Waals surface area contributed by atoms with Gasteiger partial charge in [0.05, 0.1) is 17.9 Å². The summed E-state index contributed by atoms with van der Waals surface area (Å²) in [6, 6.07) is 0. The van der Waals surface area contributed by atoms with E-state index in [0.29, 0.717) is 0 Å². The Kier molecular flexibility index (Phi) is 3.58. The first-order chi connectivity index (χ1) is 9.29. The molecule has 2 rings (SSSR count). The van der Waals surface area contributed by atoms with E-state index in [9.17, 15) is 18.0 Å². The predicted molar refractivity (Wildman–Crippen MR) is 64.4 cm³/mol. The number of halogens is 3. The first kappa shape index (κ1) is 14.5. The van der Waals surface area contributed by atoms with Gasteiger partial charge < -0.3 is 10.1 Å². The number of aryl methyl sites for hydroxylation is 1. The van der Waals surface area contributed by atoms with Crippen LogP contribution >= 0.6 is 0 Å². The molecular weight excluding hydrogens is 275 g/mol. The number of hydrogen-bond donors (Lipinski definition) is 1. The van der Waals surface area contributed by atoms with Crippen LogP contribution in [0.15, 0.2) is 6.20 Å². The molecule has 0 aliphatic heterocycles. The van der Waals surface area contributed by atoms with Crippen molar-refractivity contribution >= 4 is 11.9 Å². The molecule has 1 N–H and O–H groups in total. The number of carbonyl (C=O) groups is 1. The minimum Gasteiger partial charge on any atom is -0.462 e. The zero-order chi connectivity index (χ0) is 15.0. The third-order valence-corrected chi connectivity index (χ3v) is 3.12. The Morgan fingerprint density at radius 2 is 2.15 bits per heavy atom. The van der Waals surface area contributed by atoms with Crippen molar-refractivity contribution in [2.24, 2.45) is 0 Å². The highest BCUT2D eigenvalue weighted by Gasteiger charge is 2.64. The minimum absolute atomic E-state index is 0.00145. The van der Waals surface area contributed by atoms with Crippen molar-refractivity contribution in [1.82, 2.24) is 9.97 Å². The highest BCUT2D eigenvalue weighted by molar-refractivity contribution is 5.90. The molecule has 0 aromatic carbocycles. The van der Waals surface area contributed by atoms with Gasteiger partial charge in [0.2, 0.25) is 5.95 Å².